The van der Waals surface area contributed by atoms with Crippen LogP contribution in [0.15, 0.2) is 52.6 Å². The molecule has 0 aliphatic carbocycles. The van der Waals surface area contributed by atoms with Gasteiger partial charge in [-0.1, -0.05) is 11.8 Å². The van der Waals surface area contributed by atoms with Gasteiger partial charge in [0.2, 0.25) is 0 Å². The topological polar surface area (TPSA) is 84.2 Å². The van der Waals surface area contributed by atoms with Crippen molar-refractivity contribution in [3.8, 4) is 0 Å². The molecule has 22 heavy (non-hydrogen) atoms. The van der Waals surface area contributed by atoms with E-state index in [1.165, 1.54) is 12.1 Å². The van der Waals surface area contributed by atoms with Gasteiger partial charge in [-0.15, -0.1) is 0 Å². The van der Waals surface area contributed by atoms with Crippen LogP contribution >= 0.6 is 11.8 Å². The SMILES string of the molecule is CSc1nc2ccc(N=Cc3ccc([N+](=O)[O-])cc3)cc2[nH]1. The molecule has 0 aliphatic rings. The molecular formula is C15H12N4O2S. The number of rotatable bonds is 4. The number of aliphatic imine (C=N–C) groups is 1. The van der Waals surface area contributed by atoms with E-state index in [0.29, 0.717) is 0 Å². The lowest BCUT2D eigenvalue weighted by Gasteiger charge is -1.95. The van der Waals surface area contributed by atoms with Crippen molar-refractivity contribution in [2.24, 2.45) is 4.99 Å². The third-order valence-corrected chi connectivity index (χ3v) is 3.68. The minimum absolute atomic E-state index is 0.0700. The number of nitro groups is 1. The highest BCUT2D eigenvalue weighted by molar-refractivity contribution is 7.98. The smallest absolute Gasteiger partial charge is 0.269 e. The molecule has 2 aromatic carbocycles. The van der Waals surface area contributed by atoms with Gasteiger partial charge in [-0.3, -0.25) is 15.1 Å². The average Bonchev–Trinajstić information content (AvgIpc) is 2.95. The van der Waals surface area contributed by atoms with Gasteiger partial charge < -0.3 is 4.98 Å². The Morgan fingerprint density at radius 2 is 2.05 bits per heavy atom. The molecule has 0 bridgehead atoms. The van der Waals surface area contributed by atoms with Crippen LogP contribution in [0.5, 0.6) is 0 Å². The number of nitrogens with zero attached hydrogens (tertiary/aromatic N) is 3. The number of H-pyrrole nitrogens is 1. The van der Waals surface area contributed by atoms with Gasteiger partial charge in [-0.05, 0) is 42.2 Å². The monoisotopic (exact) mass is 312 g/mol. The second-order valence-electron chi connectivity index (χ2n) is 4.55. The van der Waals surface area contributed by atoms with Crippen LogP contribution in [0.2, 0.25) is 0 Å². The summed E-state index contributed by atoms with van der Waals surface area (Å²) in [6.45, 7) is 0. The maximum absolute atomic E-state index is 10.6. The summed E-state index contributed by atoms with van der Waals surface area (Å²) in [5.41, 5.74) is 3.50. The minimum Gasteiger partial charge on any atom is -0.333 e. The van der Waals surface area contributed by atoms with Crippen molar-refractivity contribution in [2.45, 2.75) is 5.16 Å². The molecule has 1 N–H and O–H groups in total. The molecule has 0 fully saturated rings. The number of nitrogens with one attached hydrogen (secondary N) is 1. The fraction of sp³-hybridized carbons (Fsp3) is 0.0667. The first-order chi connectivity index (χ1) is 10.7. The molecule has 0 atom stereocenters. The zero-order chi connectivity index (χ0) is 15.5. The first-order valence-corrected chi connectivity index (χ1v) is 7.70. The van der Waals surface area contributed by atoms with Crippen molar-refractivity contribution in [1.29, 1.82) is 0 Å². The van der Waals surface area contributed by atoms with E-state index in [1.807, 2.05) is 24.5 Å². The van der Waals surface area contributed by atoms with Crippen LogP contribution in [0.3, 0.4) is 0 Å². The van der Waals surface area contributed by atoms with E-state index in [4.69, 9.17) is 0 Å². The molecular weight excluding hydrogens is 300 g/mol. The van der Waals surface area contributed by atoms with E-state index in [0.717, 1.165) is 27.4 Å². The van der Waals surface area contributed by atoms with Gasteiger partial charge in [0.1, 0.15) is 0 Å². The lowest BCUT2D eigenvalue weighted by atomic mass is 10.2. The molecule has 0 spiro atoms. The maximum Gasteiger partial charge on any atom is 0.269 e. The molecule has 0 aliphatic heterocycles. The van der Waals surface area contributed by atoms with Crippen molar-refractivity contribution >= 4 is 40.4 Å². The Balaban J connectivity index is 1.83. The van der Waals surface area contributed by atoms with Gasteiger partial charge in [0.15, 0.2) is 5.16 Å². The molecule has 110 valence electrons. The van der Waals surface area contributed by atoms with Crippen LogP contribution in [-0.2, 0) is 0 Å². The molecule has 6 nitrogen and oxygen atoms in total. The predicted molar refractivity (Wildman–Crippen MR) is 88.2 cm³/mol. The number of non-ortho nitro benzene ring substituents is 1. The number of fused-ring (bicyclic) bond motifs is 1. The molecule has 3 aromatic rings. The van der Waals surface area contributed by atoms with E-state index in [9.17, 15) is 10.1 Å². The van der Waals surface area contributed by atoms with E-state index < -0.39 is 4.92 Å². The summed E-state index contributed by atoms with van der Waals surface area (Å²) >= 11 is 1.55. The number of hydrogen-bond acceptors (Lipinski definition) is 5. The molecule has 7 heteroatoms. The third-order valence-electron chi connectivity index (χ3n) is 3.10. The van der Waals surface area contributed by atoms with Crippen LogP contribution in [-0.4, -0.2) is 27.4 Å². The molecule has 0 radical (unpaired) electrons. The third kappa shape index (κ3) is 2.99. The zero-order valence-electron chi connectivity index (χ0n) is 11.7. The summed E-state index contributed by atoms with van der Waals surface area (Å²) in [7, 11) is 0. The maximum atomic E-state index is 10.6. The molecule has 3 rings (SSSR count). The van der Waals surface area contributed by atoms with Gasteiger partial charge in [0.25, 0.3) is 5.69 Å². The quantitative estimate of drug-likeness (QED) is 0.342. The van der Waals surface area contributed by atoms with Gasteiger partial charge in [-0.2, -0.15) is 0 Å². The minimum atomic E-state index is -0.420. The first-order valence-electron chi connectivity index (χ1n) is 6.48. The van der Waals surface area contributed by atoms with Crippen molar-refractivity contribution in [3.63, 3.8) is 0 Å². The standard InChI is InChI=1S/C15H12N4O2S/c1-22-15-17-13-7-4-11(8-14(13)18-15)16-9-10-2-5-12(6-3-10)19(20)21/h2-9H,1H3,(H,17,18). The Morgan fingerprint density at radius 1 is 1.27 bits per heavy atom. The van der Waals surface area contributed by atoms with E-state index in [1.54, 1.807) is 30.1 Å². The van der Waals surface area contributed by atoms with E-state index >= 15 is 0 Å². The Bertz CT molecular complexity index is 856. The molecule has 0 amide bonds. The normalized spacial score (nSPS) is 11.3. The fourth-order valence-corrected chi connectivity index (χ4v) is 2.38. The Hall–Kier alpha value is -2.67. The highest BCUT2D eigenvalue weighted by Crippen LogP contribution is 2.22. The average molecular weight is 312 g/mol. The number of hydrogen-bond donors (Lipinski definition) is 1. The number of thioether (sulfide) groups is 1. The summed E-state index contributed by atoms with van der Waals surface area (Å²) in [6.07, 6.45) is 3.64. The molecule has 1 heterocycles. The highest BCUT2D eigenvalue weighted by atomic mass is 32.2. The Kier molecular flexibility index (Phi) is 3.88. The van der Waals surface area contributed by atoms with Crippen molar-refractivity contribution in [2.75, 3.05) is 6.26 Å². The second-order valence-corrected chi connectivity index (χ2v) is 5.35. The Morgan fingerprint density at radius 3 is 2.73 bits per heavy atom. The molecule has 0 unspecified atom stereocenters. The Labute approximate surface area is 130 Å². The number of imidazole rings is 1. The van der Waals surface area contributed by atoms with E-state index in [2.05, 4.69) is 15.0 Å². The lowest BCUT2D eigenvalue weighted by molar-refractivity contribution is -0.384. The lowest BCUT2D eigenvalue weighted by Crippen LogP contribution is -1.88. The van der Waals surface area contributed by atoms with Gasteiger partial charge in [-0.25, -0.2) is 4.98 Å². The van der Waals surface area contributed by atoms with Crippen LogP contribution in [0.1, 0.15) is 5.56 Å². The number of aromatic amines is 1. The van der Waals surface area contributed by atoms with Crippen molar-refractivity contribution < 1.29 is 4.92 Å². The molecule has 1 aromatic heterocycles. The van der Waals surface area contributed by atoms with Gasteiger partial charge in [0.05, 0.1) is 21.6 Å². The van der Waals surface area contributed by atoms with Gasteiger partial charge in [0, 0.05) is 18.3 Å². The summed E-state index contributed by atoms with van der Waals surface area (Å²) in [5.74, 6) is 0. The van der Waals surface area contributed by atoms with Crippen LogP contribution in [0.4, 0.5) is 11.4 Å². The molecule has 0 saturated carbocycles. The van der Waals surface area contributed by atoms with Crippen LogP contribution in [0, 0.1) is 10.1 Å². The number of benzene rings is 2. The highest BCUT2D eigenvalue weighted by Gasteiger charge is 2.03. The summed E-state index contributed by atoms with van der Waals surface area (Å²) in [5, 5.41) is 11.5. The summed E-state index contributed by atoms with van der Waals surface area (Å²) in [4.78, 5) is 22.2. The fourth-order valence-electron chi connectivity index (χ4n) is 1.98. The largest absolute Gasteiger partial charge is 0.333 e. The van der Waals surface area contributed by atoms with Crippen molar-refractivity contribution in [3.05, 3.63) is 58.1 Å². The van der Waals surface area contributed by atoms with E-state index in [-0.39, 0.29) is 5.69 Å². The first kappa shape index (κ1) is 14.3. The number of aromatic nitrogens is 2. The van der Waals surface area contributed by atoms with Crippen molar-refractivity contribution in [1.82, 2.24) is 9.97 Å². The van der Waals surface area contributed by atoms with Crippen LogP contribution in [0.25, 0.3) is 11.0 Å². The second kappa shape index (κ2) is 5.98. The van der Waals surface area contributed by atoms with Gasteiger partial charge >= 0.3 is 0 Å². The summed E-state index contributed by atoms with van der Waals surface area (Å²) in [6, 6.07) is 12.0. The summed E-state index contributed by atoms with van der Waals surface area (Å²) < 4.78 is 0. The zero-order valence-corrected chi connectivity index (χ0v) is 12.5. The van der Waals surface area contributed by atoms with Crippen LogP contribution < -0.4 is 0 Å². The number of nitro benzene ring substituents is 1. The predicted octanol–water partition coefficient (Wildman–Crippen LogP) is 3.94. The molecule has 0 saturated heterocycles.